The van der Waals surface area contributed by atoms with Gasteiger partial charge in [-0.3, -0.25) is 9.59 Å². The summed E-state index contributed by atoms with van der Waals surface area (Å²) >= 11 is 1.66. The maximum atomic E-state index is 12.5. The predicted octanol–water partition coefficient (Wildman–Crippen LogP) is 1.87. The third-order valence-corrected chi connectivity index (χ3v) is 5.83. The van der Waals surface area contributed by atoms with Crippen molar-refractivity contribution >= 4 is 35.2 Å². The summed E-state index contributed by atoms with van der Waals surface area (Å²) in [7, 11) is 1.32. The summed E-state index contributed by atoms with van der Waals surface area (Å²) in [6, 6.07) is 6.04. The molecule has 1 N–H and O–H groups in total. The molecule has 0 radical (unpaired) electrons. The maximum Gasteiger partial charge on any atom is 0.337 e. The zero-order valence-electron chi connectivity index (χ0n) is 13.0. The number of thioether (sulfide) groups is 1. The van der Waals surface area contributed by atoms with Crippen LogP contribution in [0.1, 0.15) is 30.1 Å². The van der Waals surface area contributed by atoms with E-state index in [1.165, 1.54) is 7.11 Å². The quantitative estimate of drug-likeness (QED) is 0.854. The van der Waals surface area contributed by atoms with Gasteiger partial charge in [-0.1, -0.05) is 0 Å². The molecule has 23 heavy (non-hydrogen) atoms. The topological polar surface area (TPSA) is 75.7 Å². The number of hydrogen-bond donors (Lipinski definition) is 1. The summed E-state index contributed by atoms with van der Waals surface area (Å²) in [4.78, 5) is 37.4. The molecule has 2 fully saturated rings. The molecule has 0 aliphatic carbocycles. The zero-order valence-corrected chi connectivity index (χ0v) is 13.8. The van der Waals surface area contributed by atoms with Crippen LogP contribution in [0.5, 0.6) is 0 Å². The van der Waals surface area contributed by atoms with Crippen LogP contribution in [0.25, 0.3) is 0 Å². The Balaban J connectivity index is 1.70. The van der Waals surface area contributed by atoms with Gasteiger partial charge in [0.2, 0.25) is 11.8 Å². The number of nitrogens with zero attached hydrogens (tertiary/aromatic N) is 1. The normalized spacial score (nSPS) is 26.1. The molecule has 0 unspecified atom stereocenters. The standard InChI is InChI=1S/C16H18N2O4S/c1-16-8-7-13(19)18(16)12(9-23-16)14(20)17-11-5-3-10(4-6-11)15(21)22-2/h3-6,12H,7-9H2,1-2H3,(H,17,20)/t12-,16+/m1/s1. The van der Waals surface area contributed by atoms with Gasteiger partial charge in [0.15, 0.2) is 0 Å². The molecule has 3 rings (SSSR count). The second-order valence-electron chi connectivity index (χ2n) is 5.82. The summed E-state index contributed by atoms with van der Waals surface area (Å²) in [6.45, 7) is 2.01. The van der Waals surface area contributed by atoms with E-state index in [9.17, 15) is 14.4 Å². The van der Waals surface area contributed by atoms with Crippen LogP contribution in [0.4, 0.5) is 5.69 Å². The number of ether oxygens (including phenoxy) is 1. The van der Waals surface area contributed by atoms with Crippen LogP contribution in [-0.2, 0) is 14.3 Å². The van der Waals surface area contributed by atoms with Crippen molar-refractivity contribution in [3.05, 3.63) is 29.8 Å². The molecule has 0 saturated carbocycles. The molecule has 6 nitrogen and oxygen atoms in total. The molecule has 1 aromatic rings. The average Bonchev–Trinajstić information content (AvgIpc) is 3.04. The zero-order chi connectivity index (χ0) is 16.6. The number of amides is 2. The van der Waals surface area contributed by atoms with Crippen LogP contribution in [0, 0.1) is 0 Å². The molecular formula is C16H18N2O4S. The minimum Gasteiger partial charge on any atom is -0.465 e. The van der Waals surface area contributed by atoms with E-state index < -0.39 is 12.0 Å². The Morgan fingerprint density at radius 2 is 2.04 bits per heavy atom. The van der Waals surface area contributed by atoms with Crippen molar-refractivity contribution in [3.63, 3.8) is 0 Å². The number of anilines is 1. The van der Waals surface area contributed by atoms with Gasteiger partial charge in [-0.25, -0.2) is 4.79 Å². The lowest BCUT2D eigenvalue weighted by atomic mass is 10.2. The first-order chi connectivity index (χ1) is 10.9. The molecule has 2 amide bonds. The summed E-state index contributed by atoms with van der Waals surface area (Å²) in [5.41, 5.74) is 1.01. The van der Waals surface area contributed by atoms with E-state index in [0.717, 1.165) is 6.42 Å². The summed E-state index contributed by atoms with van der Waals surface area (Å²) in [6.07, 6.45) is 1.29. The summed E-state index contributed by atoms with van der Waals surface area (Å²) < 4.78 is 4.64. The second-order valence-corrected chi connectivity index (χ2v) is 7.33. The van der Waals surface area contributed by atoms with E-state index >= 15 is 0 Å². The molecule has 2 saturated heterocycles. The SMILES string of the molecule is COC(=O)c1ccc(NC(=O)[C@H]2CS[C@@]3(C)CCC(=O)N23)cc1. The van der Waals surface area contributed by atoms with E-state index in [0.29, 0.717) is 23.4 Å². The number of carbonyl (C=O) groups is 3. The van der Waals surface area contributed by atoms with Crippen molar-refractivity contribution in [3.8, 4) is 0 Å². The van der Waals surface area contributed by atoms with Gasteiger partial charge in [-0.15, -0.1) is 11.8 Å². The molecule has 7 heteroatoms. The lowest BCUT2D eigenvalue weighted by Crippen LogP contribution is -2.48. The van der Waals surface area contributed by atoms with Crippen LogP contribution >= 0.6 is 11.8 Å². The van der Waals surface area contributed by atoms with E-state index in [2.05, 4.69) is 10.1 Å². The van der Waals surface area contributed by atoms with Gasteiger partial charge in [0.05, 0.1) is 17.5 Å². The van der Waals surface area contributed by atoms with E-state index in [1.54, 1.807) is 40.9 Å². The molecule has 2 aliphatic rings. The fraction of sp³-hybridized carbons (Fsp3) is 0.438. The largest absolute Gasteiger partial charge is 0.465 e. The highest BCUT2D eigenvalue weighted by atomic mass is 32.2. The molecule has 0 aromatic heterocycles. The van der Waals surface area contributed by atoms with Crippen molar-refractivity contribution in [2.24, 2.45) is 0 Å². The number of carbonyl (C=O) groups excluding carboxylic acids is 3. The number of methoxy groups -OCH3 is 1. The monoisotopic (exact) mass is 334 g/mol. The number of hydrogen-bond acceptors (Lipinski definition) is 5. The lowest BCUT2D eigenvalue weighted by Gasteiger charge is -2.29. The maximum absolute atomic E-state index is 12.5. The minimum atomic E-state index is -0.444. The lowest BCUT2D eigenvalue weighted by molar-refractivity contribution is -0.135. The van der Waals surface area contributed by atoms with Crippen LogP contribution in [-0.4, -0.2) is 46.5 Å². The first-order valence-electron chi connectivity index (χ1n) is 7.40. The molecule has 2 aliphatic heterocycles. The summed E-state index contributed by atoms with van der Waals surface area (Å²) in [5, 5.41) is 2.82. The van der Waals surface area contributed by atoms with Crippen molar-refractivity contribution in [1.29, 1.82) is 0 Å². The number of fused-ring (bicyclic) bond motifs is 1. The average molecular weight is 334 g/mol. The first kappa shape index (κ1) is 15.9. The van der Waals surface area contributed by atoms with E-state index in [-0.39, 0.29) is 16.7 Å². The molecular weight excluding hydrogens is 316 g/mol. The Hall–Kier alpha value is -2.02. The Morgan fingerprint density at radius 3 is 2.70 bits per heavy atom. The summed E-state index contributed by atoms with van der Waals surface area (Å²) in [5.74, 6) is 0.0309. The first-order valence-corrected chi connectivity index (χ1v) is 8.38. The molecule has 2 heterocycles. The van der Waals surface area contributed by atoms with Crippen LogP contribution < -0.4 is 5.32 Å². The highest BCUT2D eigenvalue weighted by Crippen LogP contribution is 2.47. The fourth-order valence-electron chi connectivity index (χ4n) is 3.05. The molecule has 1 aromatic carbocycles. The van der Waals surface area contributed by atoms with Gasteiger partial charge in [-0.05, 0) is 37.6 Å². The molecule has 122 valence electrons. The van der Waals surface area contributed by atoms with E-state index in [4.69, 9.17) is 0 Å². The van der Waals surface area contributed by atoms with Crippen molar-refractivity contribution in [2.75, 3.05) is 18.2 Å². The molecule has 0 bridgehead atoms. The Labute approximate surface area is 138 Å². The van der Waals surface area contributed by atoms with Gasteiger partial charge in [0.1, 0.15) is 6.04 Å². The minimum absolute atomic E-state index is 0.0405. The van der Waals surface area contributed by atoms with Crippen LogP contribution in [0.15, 0.2) is 24.3 Å². The smallest absolute Gasteiger partial charge is 0.337 e. The van der Waals surface area contributed by atoms with Gasteiger partial charge in [-0.2, -0.15) is 0 Å². The van der Waals surface area contributed by atoms with E-state index in [1.807, 2.05) is 6.92 Å². The number of benzene rings is 1. The second kappa shape index (κ2) is 5.88. The Kier molecular flexibility index (Phi) is 4.06. The number of esters is 1. The third-order valence-electron chi connectivity index (χ3n) is 4.32. The Morgan fingerprint density at radius 1 is 1.35 bits per heavy atom. The predicted molar refractivity (Wildman–Crippen MR) is 87.1 cm³/mol. The van der Waals surface area contributed by atoms with Gasteiger partial charge >= 0.3 is 5.97 Å². The fourth-order valence-corrected chi connectivity index (χ4v) is 4.48. The highest BCUT2D eigenvalue weighted by molar-refractivity contribution is 8.01. The van der Waals surface area contributed by atoms with Crippen molar-refractivity contribution < 1.29 is 19.1 Å². The number of rotatable bonds is 3. The Bertz CT molecular complexity index is 661. The number of nitrogens with one attached hydrogen (secondary N) is 1. The molecule has 2 atom stereocenters. The van der Waals surface area contributed by atoms with Crippen molar-refractivity contribution in [2.45, 2.75) is 30.7 Å². The van der Waals surface area contributed by atoms with Crippen LogP contribution in [0.3, 0.4) is 0 Å². The highest BCUT2D eigenvalue weighted by Gasteiger charge is 2.52. The molecule has 0 spiro atoms. The van der Waals surface area contributed by atoms with Gasteiger partial charge < -0.3 is 15.0 Å². The van der Waals surface area contributed by atoms with Crippen LogP contribution in [0.2, 0.25) is 0 Å². The van der Waals surface area contributed by atoms with Crippen molar-refractivity contribution in [1.82, 2.24) is 4.90 Å². The van der Waals surface area contributed by atoms with Gasteiger partial charge in [0, 0.05) is 17.9 Å². The van der Waals surface area contributed by atoms with Gasteiger partial charge in [0.25, 0.3) is 0 Å². The third kappa shape index (κ3) is 2.81.